The Hall–Kier alpha value is -1.63. The van der Waals surface area contributed by atoms with Crippen molar-refractivity contribution in [1.82, 2.24) is 16.0 Å². The molecule has 4 fully saturated rings. The van der Waals surface area contributed by atoms with Gasteiger partial charge in [0.2, 0.25) is 0 Å². The van der Waals surface area contributed by atoms with Crippen molar-refractivity contribution in [2.75, 3.05) is 20.1 Å². The molecule has 128 valence electrons. The van der Waals surface area contributed by atoms with Gasteiger partial charge in [-0.05, 0) is 56.3 Å². The standard InChI is InChI=1S/C16H26N4O3/c1-17-13(21)8-18-9-14(22)19-15(23)20-16-5-10-2-11(6-16)4-12(3-10)7-16/h10-12,18H,2-9H2,1H3,(H,17,21)(H2,19,20,22,23)/p+1. The van der Waals surface area contributed by atoms with Gasteiger partial charge in [0.05, 0.1) is 0 Å². The summed E-state index contributed by atoms with van der Waals surface area (Å²) in [7, 11) is 1.55. The summed E-state index contributed by atoms with van der Waals surface area (Å²) in [4.78, 5) is 35.0. The van der Waals surface area contributed by atoms with Crippen molar-refractivity contribution in [1.29, 1.82) is 0 Å². The van der Waals surface area contributed by atoms with Gasteiger partial charge in [0.15, 0.2) is 13.1 Å². The Morgan fingerprint density at radius 2 is 1.48 bits per heavy atom. The number of likely N-dealkylation sites (N-methyl/N-ethyl adjacent to an activating group) is 1. The molecule has 0 aromatic heterocycles. The third-order valence-electron chi connectivity index (χ3n) is 5.61. The fraction of sp³-hybridized carbons (Fsp3) is 0.812. The summed E-state index contributed by atoms with van der Waals surface area (Å²) in [5.74, 6) is 1.74. The molecule has 0 aromatic rings. The molecule has 4 rings (SSSR count). The van der Waals surface area contributed by atoms with E-state index in [9.17, 15) is 14.4 Å². The number of hydrogen-bond acceptors (Lipinski definition) is 3. The molecule has 0 radical (unpaired) electrons. The number of imide groups is 1. The predicted molar refractivity (Wildman–Crippen MR) is 83.3 cm³/mol. The highest BCUT2D eigenvalue weighted by atomic mass is 16.2. The van der Waals surface area contributed by atoms with E-state index in [2.05, 4.69) is 16.0 Å². The molecule has 4 saturated carbocycles. The fourth-order valence-electron chi connectivity index (χ4n) is 5.15. The van der Waals surface area contributed by atoms with Gasteiger partial charge in [-0.3, -0.25) is 14.9 Å². The molecule has 5 N–H and O–H groups in total. The van der Waals surface area contributed by atoms with Gasteiger partial charge in [-0.25, -0.2) is 4.79 Å². The first-order valence-electron chi connectivity index (χ1n) is 8.62. The minimum absolute atomic E-state index is 0.0711. The second-order valence-electron chi connectivity index (χ2n) is 7.57. The van der Waals surface area contributed by atoms with Crippen LogP contribution in [-0.2, 0) is 9.59 Å². The van der Waals surface area contributed by atoms with Gasteiger partial charge < -0.3 is 16.0 Å². The Bertz CT molecular complexity index is 470. The molecule has 0 heterocycles. The maximum Gasteiger partial charge on any atom is 0.322 e. The second kappa shape index (κ2) is 6.47. The highest BCUT2D eigenvalue weighted by Gasteiger charge is 2.51. The van der Waals surface area contributed by atoms with E-state index in [0.717, 1.165) is 37.0 Å². The van der Waals surface area contributed by atoms with Crippen LogP contribution < -0.4 is 21.3 Å². The Kier molecular flexibility index (Phi) is 4.57. The normalized spacial score (nSPS) is 34.0. The molecule has 0 spiro atoms. The average Bonchev–Trinajstić information content (AvgIpc) is 2.44. The number of carbonyl (C=O) groups excluding carboxylic acids is 3. The number of nitrogens with one attached hydrogen (secondary N) is 3. The van der Waals surface area contributed by atoms with Crippen molar-refractivity contribution in [3.63, 3.8) is 0 Å². The zero-order chi connectivity index (χ0) is 16.4. The molecule has 0 aromatic carbocycles. The summed E-state index contributed by atoms with van der Waals surface area (Å²) in [6.45, 7) is 0.252. The summed E-state index contributed by atoms with van der Waals surface area (Å²) in [6.07, 6.45) is 7.12. The van der Waals surface area contributed by atoms with Crippen LogP contribution in [0.1, 0.15) is 38.5 Å². The summed E-state index contributed by atoms with van der Waals surface area (Å²) >= 11 is 0. The highest BCUT2D eigenvalue weighted by Crippen LogP contribution is 2.55. The Morgan fingerprint density at radius 3 is 2.00 bits per heavy atom. The average molecular weight is 323 g/mol. The largest absolute Gasteiger partial charge is 0.354 e. The molecule has 0 aliphatic heterocycles. The van der Waals surface area contributed by atoms with E-state index in [-0.39, 0.29) is 36.5 Å². The van der Waals surface area contributed by atoms with Gasteiger partial charge >= 0.3 is 6.03 Å². The van der Waals surface area contributed by atoms with Crippen molar-refractivity contribution in [2.45, 2.75) is 44.1 Å². The van der Waals surface area contributed by atoms with Crippen LogP contribution in [-0.4, -0.2) is 43.5 Å². The number of hydrogen-bond donors (Lipinski definition) is 4. The molecular formula is C16H27N4O3+. The number of carbonyl (C=O) groups is 3. The maximum atomic E-state index is 12.2. The molecule has 7 heteroatoms. The van der Waals surface area contributed by atoms with Crippen LogP contribution in [0.3, 0.4) is 0 Å². The number of amides is 4. The van der Waals surface area contributed by atoms with Gasteiger partial charge in [-0.1, -0.05) is 0 Å². The zero-order valence-corrected chi connectivity index (χ0v) is 13.7. The van der Waals surface area contributed by atoms with Crippen molar-refractivity contribution in [3.05, 3.63) is 0 Å². The van der Waals surface area contributed by atoms with Crippen molar-refractivity contribution in [2.24, 2.45) is 17.8 Å². The lowest BCUT2D eigenvalue weighted by atomic mass is 9.53. The van der Waals surface area contributed by atoms with Gasteiger partial charge in [-0.2, -0.15) is 0 Å². The summed E-state index contributed by atoms with van der Waals surface area (Å²) in [5, 5.41) is 9.56. The maximum absolute atomic E-state index is 12.2. The van der Waals surface area contributed by atoms with Crippen LogP contribution in [0, 0.1) is 17.8 Å². The Morgan fingerprint density at radius 1 is 0.957 bits per heavy atom. The minimum atomic E-state index is -0.384. The third-order valence-corrected chi connectivity index (χ3v) is 5.61. The fourth-order valence-corrected chi connectivity index (χ4v) is 5.15. The molecule has 0 atom stereocenters. The summed E-state index contributed by atoms with van der Waals surface area (Å²) in [5.41, 5.74) is -0.0923. The van der Waals surface area contributed by atoms with E-state index in [0.29, 0.717) is 0 Å². The summed E-state index contributed by atoms with van der Waals surface area (Å²) in [6, 6.07) is -0.384. The van der Waals surface area contributed by atoms with Crippen LogP contribution in [0.4, 0.5) is 4.79 Å². The minimum Gasteiger partial charge on any atom is -0.354 e. The second-order valence-corrected chi connectivity index (χ2v) is 7.57. The highest BCUT2D eigenvalue weighted by molar-refractivity contribution is 5.95. The van der Waals surface area contributed by atoms with E-state index in [1.807, 2.05) is 0 Å². The van der Waals surface area contributed by atoms with Gasteiger partial charge in [-0.15, -0.1) is 0 Å². The Labute approximate surface area is 136 Å². The van der Waals surface area contributed by atoms with Crippen molar-refractivity contribution >= 4 is 17.8 Å². The van der Waals surface area contributed by atoms with Crippen molar-refractivity contribution in [3.8, 4) is 0 Å². The Balaban J connectivity index is 1.44. The van der Waals surface area contributed by atoms with Gasteiger partial charge in [0.1, 0.15) is 0 Å². The predicted octanol–water partition coefficient (Wildman–Crippen LogP) is -0.910. The number of nitrogens with two attached hydrogens (primary N) is 1. The molecule has 0 unspecified atom stereocenters. The third kappa shape index (κ3) is 3.83. The first-order valence-corrected chi connectivity index (χ1v) is 8.62. The molecule has 4 amide bonds. The van der Waals surface area contributed by atoms with Crippen molar-refractivity contribution < 1.29 is 19.7 Å². The first-order chi connectivity index (χ1) is 11.0. The zero-order valence-electron chi connectivity index (χ0n) is 13.7. The van der Waals surface area contributed by atoms with E-state index in [1.165, 1.54) is 19.3 Å². The lowest BCUT2D eigenvalue weighted by molar-refractivity contribution is -0.632. The lowest BCUT2D eigenvalue weighted by Crippen LogP contribution is -2.88. The molecule has 4 aliphatic rings. The van der Waals surface area contributed by atoms with E-state index < -0.39 is 0 Å². The van der Waals surface area contributed by atoms with E-state index >= 15 is 0 Å². The monoisotopic (exact) mass is 323 g/mol. The number of rotatable bonds is 5. The van der Waals surface area contributed by atoms with E-state index in [1.54, 1.807) is 12.4 Å². The molecule has 0 saturated heterocycles. The smallest absolute Gasteiger partial charge is 0.322 e. The van der Waals surface area contributed by atoms with E-state index in [4.69, 9.17) is 0 Å². The molecular weight excluding hydrogens is 296 g/mol. The topological polar surface area (TPSA) is 104 Å². The van der Waals surface area contributed by atoms with Crippen LogP contribution in [0.25, 0.3) is 0 Å². The molecule has 23 heavy (non-hydrogen) atoms. The molecule has 4 bridgehead atoms. The SMILES string of the molecule is CNC(=O)C[NH2+]CC(=O)NC(=O)NC12CC3CC(CC(C3)C1)C2. The molecule has 4 aliphatic carbocycles. The quantitative estimate of drug-likeness (QED) is 0.526. The van der Waals surface area contributed by atoms with Crippen LogP contribution in [0.5, 0.6) is 0 Å². The lowest BCUT2D eigenvalue weighted by Gasteiger charge is -2.56. The van der Waals surface area contributed by atoms with Crippen LogP contribution in [0.15, 0.2) is 0 Å². The van der Waals surface area contributed by atoms with Gasteiger partial charge in [0.25, 0.3) is 11.8 Å². The molecule has 7 nitrogen and oxygen atoms in total. The first kappa shape index (κ1) is 16.2. The number of quaternary nitrogens is 1. The number of urea groups is 1. The van der Waals surface area contributed by atoms with Crippen LogP contribution in [0.2, 0.25) is 0 Å². The van der Waals surface area contributed by atoms with Crippen LogP contribution >= 0.6 is 0 Å². The summed E-state index contributed by atoms with van der Waals surface area (Å²) < 4.78 is 0. The van der Waals surface area contributed by atoms with Gasteiger partial charge in [0, 0.05) is 12.6 Å².